The zero-order valence-electron chi connectivity index (χ0n) is 9.48. The molecule has 1 saturated heterocycles. The average molecular weight is 223 g/mol. The van der Waals surface area contributed by atoms with Gasteiger partial charge in [-0.3, -0.25) is 4.79 Å². The van der Waals surface area contributed by atoms with Crippen molar-refractivity contribution in [3.8, 4) is 0 Å². The minimum Gasteiger partial charge on any atom is -0.372 e. The smallest absolute Gasteiger partial charge is 0.249 e. The summed E-state index contributed by atoms with van der Waals surface area (Å²) in [6.07, 6.45) is 5.52. The lowest BCUT2D eigenvalue weighted by atomic mass is 10.2. The maximum absolute atomic E-state index is 11.9. The number of carbonyl (C=O) groups is 1. The Kier molecular flexibility index (Phi) is 3.56. The van der Waals surface area contributed by atoms with Crippen LogP contribution in [0.5, 0.6) is 0 Å². The van der Waals surface area contributed by atoms with E-state index in [1.807, 2.05) is 11.8 Å². The van der Waals surface area contributed by atoms with E-state index in [1.54, 1.807) is 12.4 Å². The van der Waals surface area contributed by atoms with Crippen LogP contribution < -0.4 is 0 Å². The molecule has 1 atom stereocenters. The summed E-state index contributed by atoms with van der Waals surface area (Å²) >= 11 is 0. The number of imidazole rings is 1. The molecule has 2 rings (SSSR count). The molecular formula is C11H17N3O2. The van der Waals surface area contributed by atoms with E-state index in [4.69, 9.17) is 4.74 Å². The fourth-order valence-corrected chi connectivity index (χ4v) is 2.08. The topological polar surface area (TPSA) is 58.2 Å². The van der Waals surface area contributed by atoms with Gasteiger partial charge in [0.2, 0.25) is 5.91 Å². The molecular weight excluding hydrogens is 206 g/mol. The van der Waals surface area contributed by atoms with E-state index < -0.39 is 0 Å². The lowest BCUT2D eigenvalue weighted by Gasteiger charge is -2.22. The molecule has 16 heavy (non-hydrogen) atoms. The van der Waals surface area contributed by atoms with Gasteiger partial charge in [0.05, 0.1) is 6.04 Å². The van der Waals surface area contributed by atoms with Gasteiger partial charge in [-0.1, -0.05) is 0 Å². The second kappa shape index (κ2) is 5.12. The number of carbonyl (C=O) groups excluding carboxylic acids is 1. The maximum Gasteiger partial charge on any atom is 0.249 e. The Balaban J connectivity index is 2.01. The molecule has 1 aromatic rings. The zero-order valence-corrected chi connectivity index (χ0v) is 9.48. The first kappa shape index (κ1) is 11.1. The molecule has 0 radical (unpaired) electrons. The molecule has 1 aliphatic heterocycles. The summed E-state index contributed by atoms with van der Waals surface area (Å²) in [4.78, 5) is 21.0. The Labute approximate surface area is 94.8 Å². The van der Waals surface area contributed by atoms with Crippen LogP contribution in [0.4, 0.5) is 0 Å². The predicted octanol–water partition coefficient (Wildman–Crippen LogP) is 1.11. The lowest BCUT2D eigenvalue weighted by Crippen LogP contribution is -2.34. The number of hydrogen-bond acceptors (Lipinski definition) is 3. The number of nitrogens with one attached hydrogen (secondary N) is 1. The molecule has 0 spiro atoms. The summed E-state index contributed by atoms with van der Waals surface area (Å²) in [5.41, 5.74) is 0. The second-order valence-corrected chi connectivity index (χ2v) is 3.86. The van der Waals surface area contributed by atoms with Gasteiger partial charge >= 0.3 is 0 Å². The number of ether oxygens (including phenoxy) is 1. The van der Waals surface area contributed by atoms with Gasteiger partial charge < -0.3 is 14.6 Å². The van der Waals surface area contributed by atoms with Gasteiger partial charge in [-0.05, 0) is 19.8 Å². The molecule has 1 fully saturated rings. The summed E-state index contributed by atoms with van der Waals surface area (Å²) in [6.45, 7) is 3.44. The van der Waals surface area contributed by atoms with Crippen LogP contribution in [-0.2, 0) is 9.53 Å². The normalized spacial score (nSPS) is 20.3. The van der Waals surface area contributed by atoms with Crippen LogP contribution >= 0.6 is 0 Å². The Bertz CT molecular complexity index is 337. The minimum absolute atomic E-state index is 0.0563. The molecule has 1 aliphatic rings. The molecule has 88 valence electrons. The second-order valence-electron chi connectivity index (χ2n) is 3.86. The third-order valence-corrected chi connectivity index (χ3v) is 2.84. The van der Waals surface area contributed by atoms with Crippen LogP contribution in [0.15, 0.2) is 12.4 Å². The van der Waals surface area contributed by atoms with Crippen LogP contribution in [0.2, 0.25) is 0 Å². The van der Waals surface area contributed by atoms with Gasteiger partial charge in [0.1, 0.15) is 12.4 Å². The Morgan fingerprint density at radius 2 is 2.62 bits per heavy atom. The standard InChI is InChI=1S/C11H17N3O2/c1-2-16-8-10(15)14-7-3-4-9(14)11-12-5-6-13-11/h5-6,9H,2-4,7-8H2,1H3,(H,12,13). The Morgan fingerprint density at radius 3 is 3.31 bits per heavy atom. The third kappa shape index (κ3) is 2.24. The van der Waals surface area contributed by atoms with Crippen molar-refractivity contribution in [2.45, 2.75) is 25.8 Å². The highest BCUT2D eigenvalue weighted by Gasteiger charge is 2.31. The monoisotopic (exact) mass is 223 g/mol. The van der Waals surface area contributed by atoms with Crippen molar-refractivity contribution in [1.82, 2.24) is 14.9 Å². The van der Waals surface area contributed by atoms with Crippen molar-refractivity contribution in [1.29, 1.82) is 0 Å². The Morgan fingerprint density at radius 1 is 1.75 bits per heavy atom. The maximum atomic E-state index is 11.9. The van der Waals surface area contributed by atoms with Crippen LogP contribution in [0.1, 0.15) is 31.6 Å². The molecule has 0 aliphatic carbocycles. The van der Waals surface area contributed by atoms with Crippen molar-refractivity contribution in [3.05, 3.63) is 18.2 Å². The van der Waals surface area contributed by atoms with Crippen molar-refractivity contribution in [2.75, 3.05) is 19.8 Å². The number of aromatic nitrogens is 2. The highest BCUT2D eigenvalue weighted by molar-refractivity contribution is 5.78. The first-order valence-corrected chi connectivity index (χ1v) is 5.69. The summed E-state index contributed by atoms with van der Waals surface area (Å²) in [6, 6.07) is 0.1000. The van der Waals surface area contributed by atoms with Gasteiger partial charge in [-0.15, -0.1) is 0 Å². The molecule has 1 aromatic heterocycles. The predicted molar refractivity (Wildman–Crippen MR) is 58.8 cm³/mol. The van der Waals surface area contributed by atoms with E-state index in [0.717, 1.165) is 25.2 Å². The van der Waals surface area contributed by atoms with Crippen molar-refractivity contribution in [3.63, 3.8) is 0 Å². The highest BCUT2D eigenvalue weighted by atomic mass is 16.5. The van der Waals surface area contributed by atoms with Gasteiger partial charge in [0.15, 0.2) is 0 Å². The fourth-order valence-electron chi connectivity index (χ4n) is 2.08. The SMILES string of the molecule is CCOCC(=O)N1CCCC1c1ncc[nH]1. The molecule has 0 aromatic carbocycles. The molecule has 2 heterocycles. The first-order chi connectivity index (χ1) is 7.83. The number of nitrogens with zero attached hydrogens (tertiary/aromatic N) is 2. The van der Waals surface area contributed by atoms with Crippen molar-refractivity contribution in [2.24, 2.45) is 0 Å². The van der Waals surface area contributed by atoms with Crippen LogP contribution in [0, 0.1) is 0 Å². The molecule has 1 unspecified atom stereocenters. The molecule has 1 amide bonds. The van der Waals surface area contributed by atoms with Crippen LogP contribution in [0.3, 0.4) is 0 Å². The molecule has 5 heteroatoms. The van der Waals surface area contributed by atoms with E-state index in [-0.39, 0.29) is 18.6 Å². The first-order valence-electron chi connectivity index (χ1n) is 5.69. The summed E-state index contributed by atoms with van der Waals surface area (Å²) in [5.74, 6) is 0.933. The summed E-state index contributed by atoms with van der Waals surface area (Å²) < 4.78 is 5.15. The number of aromatic amines is 1. The number of likely N-dealkylation sites (tertiary alicyclic amines) is 1. The fraction of sp³-hybridized carbons (Fsp3) is 0.636. The largest absolute Gasteiger partial charge is 0.372 e. The number of H-pyrrole nitrogens is 1. The third-order valence-electron chi connectivity index (χ3n) is 2.84. The number of hydrogen-bond donors (Lipinski definition) is 1. The average Bonchev–Trinajstić information content (AvgIpc) is 2.94. The van der Waals surface area contributed by atoms with Crippen molar-refractivity contribution >= 4 is 5.91 Å². The van der Waals surface area contributed by atoms with Crippen LogP contribution in [-0.4, -0.2) is 40.5 Å². The lowest BCUT2D eigenvalue weighted by molar-refractivity contribution is -0.137. The van der Waals surface area contributed by atoms with Gasteiger partial charge in [-0.25, -0.2) is 4.98 Å². The number of amides is 1. The zero-order chi connectivity index (χ0) is 11.4. The van der Waals surface area contributed by atoms with Gasteiger partial charge in [0.25, 0.3) is 0 Å². The van der Waals surface area contributed by atoms with E-state index in [9.17, 15) is 4.79 Å². The summed E-state index contributed by atoms with van der Waals surface area (Å²) in [5, 5.41) is 0. The minimum atomic E-state index is 0.0563. The van der Waals surface area contributed by atoms with Crippen LogP contribution in [0.25, 0.3) is 0 Å². The summed E-state index contributed by atoms with van der Waals surface area (Å²) in [7, 11) is 0. The van der Waals surface area contributed by atoms with Crippen molar-refractivity contribution < 1.29 is 9.53 Å². The number of rotatable bonds is 4. The highest BCUT2D eigenvalue weighted by Crippen LogP contribution is 2.29. The molecule has 1 N–H and O–H groups in total. The van der Waals surface area contributed by atoms with Gasteiger partial charge in [-0.2, -0.15) is 0 Å². The quantitative estimate of drug-likeness (QED) is 0.831. The van der Waals surface area contributed by atoms with E-state index in [0.29, 0.717) is 6.61 Å². The molecule has 5 nitrogen and oxygen atoms in total. The van der Waals surface area contributed by atoms with E-state index in [2.05, 4.69) is 9.97 Å². The molecule has 0 saturated carbocycles. The van der Waals surface area contributed by atoms with E-state index >= 15 is 0 Å². The Hall–Kier alpha value is -1.36. The van der Waals surface area contributed by atoms with Gasteiger partial charge in [0, 0.05) is 25.5 Å². The molecule has 0 bridgehead atoms. The van der Waals surface area contributed by atoms with E-state index in [1.165, 1.54) is 0 Å².